The van der Waals surface area contributed by atoms with E-state index >= 15 is 0 Å². The van der Waals surface area contributed by atoms with Crippen LogP contribution >= 0.6 is 23.4 Å². The van der Waals surface area contributed by atoms with E-state index in [0.717, 1.165) is 40.5 Å². The number of fused-ring (bicyclic) bond motifs is 1. The molecule has 0 aliphatic carbocycles. The van der Waals surface area contributed by atoms with Crippen LogP contribution in [0.15, 0.2) is 39.9 Å². The molecule has 7 nitrogen and oxygen atoms in total. The molecule has 0 unspecified atom stereocenters. The van der Waals surface area contributed by atoms with E-state index in [9.17, 15) is 4.79 Å². The zero-order chi connectivity index (χ0) is 22.3. The van der Waals surface area contributed by atoms with Gasteiger partial charge in [-0.25, -0.2) is 0 Å². The Labute approximate surface area is 189 Å². The normalized spacial score (nSPS) is 17.2. The molecule has 0 saturated carbocycles. The summed E-state index contributed by atoms with van der Waals surface area (Å²) in [6, 6.07) is 7.40. The van der Waals surface area contributed by atoms with E-state index in [-0.39, 0.29) is 11.4 Å². The minimum Gasteiger partial charge on any atom is -0.495 e. The molecule has 1 aromatic carbocycles. The van der Waals surface area contributed by atoms with E-state index < -0.39 is 5.91 Å². The molecule has 1 amide bonds. The average Bonchev–Trinajstić information content (AvgIpc) is 3.25. The molecule has 160 valence electrons. The third kappa shape index (κ3) is 3.81. The van der Waals surface area contributed by atoms with Gasteiger partial charge in [-0.2, -0.15) is 15.1 Å². The van der Waals surface area contributed by atoms with Crippen LogP contribution in [0.5, 0.6) is 5.75 Å². The molecule has 0 saturated heterocycles. The Hall–Kier alpha value is -2.84. The second-order valence-corrected chi connectivity index (χ2v) is 8.72. The third-order valence-corrected chi connectivity index (χ3v) is 6.32. The van der Waals surface area contributed by atoms with E-state index in [4.69, 9.17) is 21.7 Å². The average molecular weight is 456 g/mol. The van der Waals surface area contributed by atoms with Crippen molar-refractivity contribution in [2.45, 2.75) is 33.6 Å². The molecule has 1 aromatic heterocycles. The molecule has 0 radical (unpaired) electrons. The molecule has 4 rings (SSSR count). The van der Waals surface area contributed by atoms with Gasteiger partial charge in [-0.3, -0.25) is 10.2 Å². The second kappa shape index (κ2) is 8.36. The van der Waals surface area contributed by atoms with Crippen molar-refractivity contribution >= 4 is 51.4 Å². The van der Waals surface area contributed by atoms with Gasteiger partial charge < -0.3 is 9.30 Å². The number of thioether (sulfide) groups is 1. The maximum Gasteiger partial charge on any atom is 0.283 e. The van der Waals surface area contributed by atoms with Gasteiger partial charge in [-0.1, -0.05) is 18.5 Å². The van der Waals surface area contributed by atoms with Crippen molar-refractivity contribution < 1.29 is 9.53 Å². The Morgan fingerprint density at radius 3 is 2.77 bits per heavy atom. The van der Waals surface area contributed by atoms with Crippen LogP contribution in [0.1, 0.15) is 36.7 Å². The summed E-state index contributed by atoms with van der Waals surface area (Å²) in [5.74, 6) is 0.300. The molecule has 2 aromatic rings. The van der Waals surface area contributed by atoms with Crippen LogP contribution in [0.2, 0.25) is 5.02 Å². The fourth-order valence-corrected chi connectivity index (χ4v) is 4.80. The Bertz CT molecular complexity index is 1190. The Morgan fingerprint density at radius 2 is 2.06 bits per heavy atom. The first-order chi connectivity index (χ1) is 14.8. The Kier molecular flexibility index (Phi) is 5.77. The number of amides is 1. The van der Waals surface area contributed by atoms with Crippen molar-refractivity contribution in [1.82, 2.24) is 9.58 Å². The first-order valence-electron chi connectivity index (χ1n) is 9.86. The summed E-state index contributed by atoms with van der Waals surface area (Å²) in [5.41, 5.74) is 3.68. The summed E-state index contributed by atoms with van der Waals surface area (Å²) in [5, 5.41) is 16.4. The molecular formula is C22H22ClN5O2S. The van der Waals surface area contributed by atoms with E-state index in [1.807, 2.05) is 36.6 Å². The molecule has 3 heterocycles. The standard InChI is InChI=1S/C22H22ClN5O2S/c1-5-6-19-26-28-20(24)16(21(29)25-22(28)31-19)10-14-9-12(2)27(13(14)3)17-11-15(23)7-8-18(17)30-4/h7-11,24H,5-6H2,1-4H3. The van der Waals surface area contributed by atoms with E-state index in [1.54, 1.807) is 19.3 Å². The van der Waals surface area contributed by atoms with E-state index in [0.29, 0.717) is 15.9 Å². The molecule has 0 spiro atoms. The molecule has 2 aliphatic rings. The fourth-order valence-electron chi connectivity index (χ4n) is 3.64. The highest BCUT2D eigenvalue weighted by Crippen LogP contribution is 2.33. The Balaban J connectivity index is 1.76. The lowest BCUT2D eigenvalue weighted by atomic mass is 10.1. The first-order valence-corrected chi connectivity index (χ1v) is 11.1. The number of hydrazone groups is 1. The van der Waals surface area contributed by atoms with Gasteiger partial charge in [-0.15, -0.1) is 0 Å². The lowest BCUT2D eigenvalue weighted by Crippen LogP contribution is -2.35. The predicted molar refractivity (Wildman–Crippen MR) is 127 cm³/mol. The number of hydrogen-bond donors (Lipinski definition) is 1. The Morgan fingerprint density at radius 1 is 1.29 bits per heavy atom. The summed E-state index contributed by atoms with van der Waals surface area (Å²) in [6.07, 6.45) is 3.44. The van der Waals surface area contributed by atoms with Crippen LogP contribution in [0.3, 0.4) is 0 Å². The SMILES string of the molecule is CCCC1=NN2C(=N)C(=Cc3cc(C)n(-c4cc(Cl)ccc4OC)c3C)C(=O)N=C2S1. The quantitative estimate of drug-likeness (QED) is 0.630. The molecule has 0 atom stereocenters. The minimum atomic E-state index is -0.429. The number of hydrogen-bond acceptors (Lipinski definition) is 5. The molecule has 0 fully saturated rings. The summed E-state index contributed by atoms with van der Waals surface area (Å²) in [6.45, 7) is 5.99. The lowest BCUT2D eigenvalue weighted by molar-refractivity contribution is -0.114. The molecule has 2 aliphatic heterocycles. The number of ether oxygens (including phenoxy) is 1. The molecule has 9 heteroatoms. The lowest BCUT2D eigenvalue weighted by Gasteiger charge is -2.20. The van der Waals surface area contributed by atoms with Crippen molar-refractivity contribution in [3.63, 3.8) is 0 Å². The molecular weight excluding hydrogens is 434 g/mol. The number of nitrogens with zero attached hydrogens (tertiary/aromatic N) is 4. The number of carbonyl (C=O) groups is 1. The van der Waals surface area contributed by atoms with Crippen LogP contribution in [0.4, 0.5) is 0 Å². The number of nitrogens with one attached hydrogen (secondary N) is 1. The van der Waals surface area contributed by atoms with Crippen LogP contribution in [-0.2, 0) is 4.79 Å². The van der Waals surface area contributed by atoms with Crippen LogP contribution < -0.4 is 4.74 Å². The maximum absolute atomic E-state index is 12.7. The monoisotopic (exact) mass is 455 g/mol. The highest BCUT2D eigenvalue weighted by molar-refractivity contribution is 8.26. The molecule has 1 N–H and O–H groups in total. The number of methoxy groups -OCH3 is 1. The van der Waals surface area contributed by atoms with Gasteiger partial charge in [-0.05, 0) is 74.4 Å². The topological polar surface area (TPSA) is 83.0 Å². The van der Waals surface area contributed by atoms with Crippen LogP contribution in [0.25, 0.3) is 11.8 Å². The van der Waals surface area contributed by atoms with Crippen molar-refractivity contribution in [3.05, 3.63) is 51.8 Å². The highest BCUT2D eigenvalue weighted by atomic mass is 35.5. The van der Waals surface area contributed by atoms with Crippen molar-refractivity contribution in [2.75, 3.05) is 7.11 Å². The zero-order valence-corrected chi connectivity index (χ0v) is 19.3. The largest absolute Gasteiger partial charge is 0.495 e. The number of aryl methyl sites for hydroxylation is 1. The molecule has 31 heavy (non-hydrogen) atoms. The van der Waals surface area contributed by atoms with Gasteiger partial charge in [0.2, 0.25) is 5.17 Å². The van der Waals surface area contributed by atoms with Gasteiger partial charge in [0.15, 0.2) is 5.84 Å². The fraction of sp³-hybridized carbons (Fsp3) is 0.273. The molecule has 0 bridgehead atoms. The van der Waals surface area contributed by atoms with E-state index in [2.05, 4.69) is 17.0 Å². The van der Waals surface area contributed by atoms with Crippen molar-refractivity contribution in [1.29, 1.82) is 5.41 Å². The van der Waals surface area contributed by atoms with Gasteiger partial charge >= 0.3 is 0 Å². The summed E-state index contributed by atoms with van der Waals surface area (Å²) >= 11 is 7.58. The highest BCUT2D eigenvalue weighted by Gasteiger charge is 2.35. The number of halogens is 1. The summed E-state index contributed by atoms with van der Waals surface area (Å²) in [7, 11) is 1.61. The number of aliphatic imine (C=N–C) groups is 1. The minimum absolute atomic E-state index is 0.0405. The zero-order valence-electron chi connectivity index (χ0n) is 17.7. The maximum atomic E-state index is 12.7. The third-order valence-electron chi connectivity index (χ3n) is 5.11. The number of rotatable bonds is 5. The van der Waals surface area contributed by atoms with Crippen LogP contribution in [-0.4, -0.2) is 38.6 Å². The number of carbonyl (C=O) groups excluding carboxylic acids is 1. The van der Waals surface area contributed by atoms with Crippen molar-refractivity contribution in [3.8, 4) is 11.4 Å². The van der Waals surface area contributed by atoms with Crippen LogP contribution in [0, 0.1) is 19.3 Å². The van der Waals surface area contributed by atoms with Gasteiger partial charge in [0.1, 0.15) is 10.8 Å². The number of aromatic nitrogens is 1. The van der Waals surface area contributed by atoms with Gasteiger partial charge in [0.05, 0.1) is 18.4 Å². The number of amidine groups is 2. The summed E-state index contributed by atoms with van der Waals surface area (Å²) in [4.78, 5) is 16.9. The first kappa shape index (κ1) is 21.4. The van der Waals surface area contributed by atoms with E-state index in [1.165, 1.54) is 16.8 Å². The second-order valence-electron chi connectivity index (χ2n) is 7.24. The van der Waals surface area contributed by atoms with Gasteiger partial charge in [0, 0.05) is 16.4 Å². The smallest absolute Gasteiger partial charge is 0.283 e. The van der Waals surface area contributed by atoms with Gasteiger partial charge in [0.25, 0.3) is 5.91 Å². The predicted octanol–water partition coefficient (Wildman–Crippen LogP) is 5.18. The summed E-state index contributed by atoms with van der Waals surface area (Å²) < 4.78 is 7.53. The van der Waals surface area contributed by atoms with Crippen molar-refractivity contribution in [2.24, 2.45) is 10.1 Å². The number of benzene rings is 1.